The van der Waals surface area contributed by atoms with Crippen molar-refractivity contribution in [2.45, 2.75) is 32.2 Å². The van der Waals surface area contributed by atoms with Gasteiger partial charge in [-0.15, -0.1) is 0 Å². The number of aromatic nitrogens is 1. The van der Waals surface area contributed by atoms with E-state index in [0.717, 1.165) is 25.8 Å². The molecule has 0 aliphatic carbocycles. The Morgan fingerprint density at radius 2 is 2.19 bits per heavy atom. The van der Waals surface area contributed by atoms with Gasteiger partial charge < -0.3 is 5.11 Å². The molecule has 3 heteroatoms. The second kappa shape index (κ2) is 7.36. The van der Waals surface area contributed by atoms with E-state index in [9.17, 15) is 0 Å². The summed E-state index contributed by atoms with van der Waals surface area (Å²) in [6, 6.07) is 4.50. The molecule has 0 spiro atoms. The van der Waals surface area contributed by atoms with Gasteiger partial charge >= 0.3 is 0 Å². The lowest BCUT2D eigenvalue weighted by molar-refractivity contribution is 0.244. The maximum Gasteiger partial charge on any atom is 0.0431 e. The molecule has 1 rings (SSSR count). The second-order valence-corrected chi connectivity index (χ2v) is 4.23. The van der Waals surface area contributed by atoms with Crippen molar-refractivity contribution in [3.8, 4) is 0 Å². The van der Waals surface area contributed by atoms with Crippen LogP contribution in [0.25, 0.3) is 0 Å². The molecule has 0 saturated heterocycles. The zero-order chi connectivity index (χ0) is 11.8. The van der Waals surface area contributed by atoms with E-state index in [-0.39, 0.29) is 0 Å². The molecule has 3 nitrogen and oxygen atoms in total. The number of hydrogen-bond donors (Lipinski definition) is 1. The SMILES string of the molecule is CC(c1cccnc1)N(C)CCCCCO. The first-order chi connectivity index (χ1) is 7.75. The smallest absolute Gasteiger partial charge is 0.0431 e. The van der Waals surface area contributed by atoms with Crippen molar-refractivity contribution in [1.29, 1.82) is 0 Å². The first-order valence-electron chi connectivity index (χ1n) is 5.96. The van der Waals surface area contributed by atoms with Crippen molar-refractivity contribution in [1.82, 2.24) is 9.88 Å². The Bertz CT molecular complexity index is 277. The second-order valence-electron chi connectivity index (χ2n) is 4.23. The van der Waals surface area contributed by atoms with Crippen LogP contribution in [-0.2, 0) is 0 Å². The minimum absolute atomic E-state index is 0.307. The number of hydrogen-bond acceptors (Lipinski definition) is 3. The minimum Gasteiger partial charge on any atom is -0.396 e. The molecule has 16 heavy (non-hydrogen) atoms. The van der Waals surface area contributed by atoms with E-state index >= 15 is 0 Å². The first-order valence-corrected chi connectivity index (χ1v) is 5.96. The van der Waals surface area contributed by atoms with Gasteiger partial charge in [0.1, 0.15) is 0 Å². The van der Waals surface area contributed by atoms with Gasteiger partial charge in [-0.2, -0.15) is 0 Å². The lowest BCUT2D eigenvalue weighted by Crippen LogP contribution is -2.23. The molecular formula is C13H22N2O. The van der Waals surface area contributed by atoms with Gasteiger partial charge in [0.15, 0.2) is 0 Å². The van der Waals surface area contributed by atoms with E-state index in [0.29, 0.717) is 12.6 Å². The zero-order valence-corrected chi connectivity index (χ0v) is 10.3. The Morgan fingerprint density at radius 3 is 2.81 bits per heavy atom. The molecule has 0 aromatic carbocycles. The predicted molar refractivity (Wildman–Crippen MR) is 66.2 cm³/mol. The molecule has 1 unspecified atom stereocenters. The monoisotopic (exact) mass is 222 g/mol. The van der Waals surface area contributed by atoms with Crippen LogP contribution in [0.1, 0.15) is 37.8 Å². The summed E-state index contributed by atoms with van der Waals surface area (Å²) in [7, 11) is 2.14. The summed E-state index contributed by atoms with van der Waals surface area (Å²) in [6.07, 6.45) is 6.88. The average molecular weight is 222 g/mol. The topological polar surface area (TPSA) is 36.4 Å². The van der Waals surface area contributed by atoms with Crippen molar-refractivity contribution in [2.75, 3.05) is 20.2 Å². The molecule has 1 aromatic heterocycles. The maximum atomic E-state index is 8.70. The van der Waals surface area contributed by atoms with Gasteiger partial charge in [0.2, 0.25) is 0 Å². The van der Waals surface area contributed by atoms with Gasteiger partial charge in [-0.3, -0.25) is 9.88 Å². The molecule has 0 aliphatic rings. The van der Waals surface area contributed by atoms with Crippen LogP contribution in [0.3, 0.4) is 0 Å². The van der Waals surface area contributed by atoms with Crippen molar-refractivity contribution in [3.63, 3.8) is 0 Å². The van der Waals surface area contributed by atoms with Gasteiger partial charge in [0, 0.05) is 25.0 Å². The third kappa shape index (κ3) is 4.29. The summed E-state index contributed by atoms with van der Waals surface area (Å²) in [5.74, 6) is 0. The van der Waals surface area contributed by atoms with Crippen LogP contribution < -0.4 is 0 Å². The predicted octanol–water partition coefficient (Wildman–Crippen LogP) is 2.24. The number of unbranched alkanes of at least 4 members (excludes halogenated alkanes) is 2. The molecule has 1 N–H and O–H groups in total. The quantitative estimate of drug-likeness (QED) is 0.719. The van der Waals surface area contributed by atoms with E-state index in [1.54, 1.807) is 6.20 Å². The van der Waals surface area contributed by atoms with Gasteiger partial charge in [-0.05, 0) is 51.4 Å². The molecule has 0 bridgehead atoms. The fraction of sp³-hybridized carbons (Fsp3) is 0.615. The molecule has 90 valence electrons. The fourth-order valence-electron chi connectivity index (χ4n) is 1.72. The number of rotatable bonds is 7. The molecule has 1 atom stereocenters. The lowest BCUT2D eigenvalue weighted by Gasteiger charge is -2.24. The molecule has 0 aliphatic heterocycles. The summed E-state index contributed by atoms with van der Waals surface area (Å²) >= 11 is 0. The Morgan fingerprint density at radius 1 is 1.38 bits per heavy atom. The highest BCUT2D eigenvalue weighted by Gasteiger charge is 2.10. The summed E-state index contributed by atoms with van der Waals surface area (Å²) < 4.78 is 0. The maximum absolute atomic E-state index is 8.70. The van der Waals surface area contributed by atoms with Gasteiger partial charge in [-0.1, -0.05) is 6.07 Å². The molecule has 1 heterocycles. The van der Waals surface area contributed by atoms with E-state index in [2.05, 4.69) is 29.9 Å². The summed E-state index contributed by atoms with van der Waals surface area (Å²) in [5, 5.41) is 8.70. The number of pyridine rings is 1. The van der Waals surface area contributed by atoms with Crippen molar-refractivity contribution >= 4 is 0 Å². The molecule has 0 saturated carbocycles. The average Bonchev–Trinajstić information content (AvgIpc) is 2.34. The molecule has 0 radical (unpaired) electrons. The van der Waals surface area contributed by atoms with Crippen molar-refractivity contribution in [3.05, 3.63) is 30.1 Å². The first kappa shape index (κ1) is 13.1. The zero-order valence-electron chi connectivity index (χ0n) is 10.3. The van der Waals surface area contributed by atoms with Gasteiger partial charge in [-0.25, -0.2) is 0 Å². The van der Waals surface area contributed by atoms with Crippen LogP contribution in [-0.4, -0.2) is 35.2 Å². The highest BCUT2D eigenvalue weighted by Crippen LogP contribution is 2.17. The Balaban J connectivity index is 2.33. The van der Waals surface area contributed by atoms with Crippen molar-refractivity contribution < 1.29 is 5.11 Å². The summed E-state index contributed by atoms with van der Waals surface area (Å²) in [5.41, 5.74) is 1.26. The highest BCUT2D eigenvalue weighted by atomic mass is 16.2. The van der Waals surface area contributed by atoms with Crippen LogP contribution in [0.15, 0.2) is 24.5 Å². The molecule has 0 fully saturated rings. The van der Waals surface area contributed by atoms with Crippen LogP contribution >= 0.6 is 0 Å². The third-order valence-electron chi connectivity index (χ3n) is 3.00. The van der Waals surface area contributed by atoms with E-state index in [1.807, 2.05) is 12.3 Å². The van der Waals surface area contributed by atoms with E-state index in [4.69, 9.17) is 5.11 Å². The van der Waals surface area contributed by atoms with Crippen molar-refractivity contribution in [2.24, 2.45) is 0 Å². The Labute approximate surface area is 98.1 Å². The third-order valence-corrected chi connectivity index (χ3v) is 3.00. The highest BCUT2D eigenvalue weighted by molar-refractivity contribution is 5.12. The van der Waals surface area contributed by atoms with Gasteiger partial charge in [0.25, 0.3) is 0 Å². The van der Waals surface area contributed by atoms with Gasteiger partial charge in [0.05, 0.1) is 0 Å². The van der Waals surface area contributed by atoms with Crippen LogP contribution in [0, 0.1) is 0 Å². The molecule has 1 aromatic rings. The largest absolute Gasteiger partial charge is 0.396 e. The van der Waals surface area contributed by atoms with Crippen LogP contribution in [0.5, 0.6) is 0 Å². The summed E-state index contributed by atoms with van der Waals surface area (Å²) in [4.78, 5) is 6.47. The number of nitrogens with zero attached hydrogens (tertiary/aromatic N) is 2. The fourth-order valence-corrected chi connectivity index (χ4v) is 1.72. The van der Waals surface area contributed by atoms with E-state index in [1.165, 1.54) is 5.56 Å². The standard InChI is InChI=1S/C13H22N2O/c1-12(13-7-6-8-14-11-13)15(2)9-4-3-5-10-16/h6-8,11-12,16H,3-5,9-10H2,1-2H3. The normalized spacial score (nSPS) is 13.0. The number of aliphatic hydroxyl groups is 1. The number of aliphatic hydroxyl groups excluding tert-OH is 1. The Kier molecular flexibility index (Phi) is 6.04. The van der Waals surface area contributed by atoms with Crippen LogP contribution in [0.2, 0.25) is 0 Å². The lowest BCUT2D eigenvalue weighted by atomic mass is 10.1. The molecular weight excluding hydrogens is 200 g/mol. The van der Waals surface area contributed by atoms with Crippen LogP contribution in [0.4, 0.5) is 0 Å². The van der Waals surface area contributed by atoms with E-state index < -0.39 is 0 Å². The minimum atomic E-state index is 0.307. The molecule has 0 amide bonds. The summed E-state index contributed by atoms with van der Waals surface area (Å²) in [6.45, 7) is 3.57. The Hall–Kier alpha value is -0.930.